The third-order valence-electron chi connectivity index (χ3n) is 4.64. The number of aryl methyl sites for hydroxylation is 2. The molecule has 27 heavy (non-hydrogen) atoms. The van der Waals surface area contributed by atoms with Crippen LogP contribution in [0.25, 0.3) is 0 Å². The molecular weight excluding hydrogens is 334 g/mol. The van der Waals surface area contributed by atoms with E-state index in [2.05, 4.69) is 29.4 Å². The molecule has 2 amide bonds. The summed E-state index contributed by atoms with van der Waals surface area (Å²) >= 11 is 0. The predicted octanol–water partition coefficient (Wildman–Crippen LogP) is 4.98. The highest BCUT2D eigenvalue weighted by atomic mass is 16.2. The highest BCUT2D eigenvalue weighted by Gasteiger charge is 2.15. The number of benzene rings is 2. The monoisotopic (exact) mass is 359 g/mol. The first-order chi connectivity index (χ1) is 13.1. The fourth-order valence-electron chi connectivity index (χ4n) is 2.87. The van der Waals surface area contributed by atoms with E-state index in [9.17, 15) is 4.79 Å². The lowest BCUT2D eigenvalue weighted by atomic mass is 10.1. The SMILES string of the molecule is Cc1ccc(NC(=O)N(CCc2ccccc2)Cc2ccccn2)cc1C. The number of amides is 2. The molecule has 3 rings (SSSR count). The van der Waals surface area contributed by atoms with Crippen LogP contribution in [0.3, 0.4) is 0 Å². The Hall–Kier alpha value is -3.14. The standard InChI is InChI=1S/C23H25N3O/c1-18-11-12-21(16-19(18)2)25-23(27)26(17-22-10-6-7-14-24-22)15-13-20-8-4-3-5-9-20/h3-12,14,16H,13,15,17H2,1-2H3,(H,25,27). The molecule has 0 saturated carbocycles. The minimum atomic E-state index is -0.111. The maximum Gasteiger partial charge on any atom is 0.322 e. The van der Waals surface area contributed by atoms with Crippen LogP contribution < -0.4 is 5.32 Å². The minimum Gasteiger partial charge on any atom is -0.318 e. The van der Waals surface area contributed by atoms with E-state index in [0.29, 0.717) is 13.1 Å². The highest BCUT2D eigenvalue weighted by Crippen LogP contribution is 2.15. The van der Waals surface area contributed by atoms with Crippen LogP contribution in [0.2, 0.25) is 0 Å². The van der Waals surface area contributed by atoms with Gasteiger partial charge in [0.1, 0.15) is 0 Å². The number of urea groups is 1. The summed E-state index contributed by atoms with van der Waals surface area (Å²) < 4.78 is 0. The summed E-state index contributed by atoms with van der Waals surface area (Å²) in [5.74, 6) is 0. The summed E-state index contributed by atoms with van der Waals surface area (Å²) in [6, 6.07) is 21.8. The number of carbonyl (C=O) groups is 1. The van der Waals surface area contributed by atoms with Gasteiger partial charge in [-0.25, -0.2) is 4.79 Å². The maximum atomic E-state index is 12.9. The van der Waals surface area contributed by atoms with Crippen molar-refractivity contribution < 1.29 is 4.79 Å². The summed E-state index contributed by atoms with van der Waals surface area (Å²) in [5, 5.41) is 3.03. The van der Waals surface area contributed by atoms with Crippen molar-refractivity contribution in [1.82, 2.24) is 9.88 Å². The zero-order chi connectivity index (χ0) is 19.1. The van der Waals surface area contributed by atoms with Crippen LogP contribution in [0.15, 0.2) is 72.9 Å². The average molecular weight is 359 g/mol. The maximum absolute atomic E-state index is 12.9. The Kier molecular flexibility index (Phi) is 6.21. The number of nitrogens with zero attached hydrogens (tertiary/aromatic N) is 2. The van der Waals surface area contributed by atoms with Crippen molar-refractivity contribution in [1.29, 1.82) is 0 Å². The Labute approximate surface area is 160 Å². The lowest BCUT2D eigenvalue weighted by Crippen LogP contribution is -2.36. The van der Waals surface area contributed by atoms with Gasteiger partial charge < -0.3 is 10.2 Å². The number of hydrogen-bond acceptors (Lipinski definition) is 2. The zero-order valence-corrected chi connectivity index (χ0v) is 15.9. The van der Waals surface area contributed by atoms with Crippen molar-refractivity contribution in [3.63, 3.8) is 0 Å². The van der Waals surface area contributed by atoms with Gasteiger partial charge in [0.05, 0.1) is 12.2 Å². The molecule has 0 spiro atoms. The molecule has 1 heterocycles. The molecule has 1 N–H and O–H groups in total. The normalized spacial score (nSPS) is 10.4. The van der Waals surface area contributed by atoms with Crippen LogP contribution in [0.4, 0.5) is 10.5 Å². The number of pyridine rings is 1. The Bertz CT molecular complexity index is 879. The quantitative estimate of drug-likeness (QED) is 0.675. The van der Waals surface area contributed by atoms with Gasteiger partial charge in [-0.3, -0.25) is 4.98 Å². The average Bonchev–Trinajstić information content (AvgIpc) is 2.69. The smallest absolute Gasteiger partial charge is 0.318 e. The van der Waals surface area contributed by atoms with Crippen LogP contribution in [-0.4, -0.2) is 22.5 Å². The second kappa shape index (κ2) is 8.99. The van der Waals surface area contributed by atoms with Gasteiger partial charge in [0.25, 0.3) is 0 Å². The van der Waals surface area contributed by atoms with E-state index in [4.69, 9.17) is 0 Å². The van der Waals surface area contributed by atoms with Gasteiger partial charge >= 0.3 is 6.03 Å². The van der Waals surface area contributed by atoms with Gasteiger partial charge in [-0.05, 0) is 61.2 Å². The second-order valence-corrected chi connectivity index (χ2v) is 6.71. The second-order valence-electron chi connectivity index (χ2n) is 6.71. The Morgan fingerprint density at radius 2 is 1.74 bits per heavy atom. The zero-order valence-electron chi connectivity index (χ0n) is 15.9. The topological polar surface area (TPSA) is 45.2 Å². The molecular formula is C23H25N3O. The molecule has 138 valence electrons. The Balaban J connectivity index is 1.72. The van der Waals surface area contributed by atoms with Gasteiger partial charge in [0.2, 0.25) is 0 Å². The summed E-state index contributed by atoms with van der Waals surface area (Å²) in [4.78, 5) is 19.1. The molecule has 0 radical (unpaired) electrons. The summed E-state index contributed by atoms with van der Waals surface area (Å²) in [6.07, 6.45) is 2.56. The van der Waals surface area contributed by atoms with Gasteiger partial charge in [-0.15, -0.1) is 0 Å². The van der Waals surface area contributed by atoms with Gasteiger partial charge in [-0.2, -0.15) is 0 Å². The molecule has 0 unspecified atom stereocenters. The largest absolute Gasteiger partial charge is 0.322 e. The number of rotatable bonds is 6. The fraction of sp³-hybridized carbons (Fsp3) is 0.217. The number of hydrogen-bond donors (Lipinski definition) is 1. The van der Waals surface area contributed by atoms with E-state index < -0.39 is 0 Å². The van der Waals surface area contributed by atoms with Crippen molar-refractivity contribution in [2.75, 3.05) is 11.9 Å². The Morgan fingerprint density at radius 1 is 0.963 bits per heavy atom. The third-order valence-corrected chi connectivity index (χ3v) is 4.64. The Morgan fingerprint density at radius 3 is 2.44 bits per heavy atom. The van der Waals surface area contributed by atoms with Crippen LogP contribution >= 0.6 is 0 Å². The molecule has 4 nitrogen and oxygen atoms in total. The molecule has 0 fully saturated rings. The van der Waals surface area contributed by atoms with Crippen molar-refractivity contribution in [3.8, 4) is 0 Å². The molecule has 3 aromatic rings. The first kappa shape index (κ1) is 18.6. The number of nitrogens with one attached hydrogen (secondary N) is 1. The number of carbonyl (C=O) groups excluding carboxylic acids is 1. The molecule has 1 aromatic heterocycles. The highest BCUT2D eigenvalue weighted by molar-refractivity contribution is 5.89. The molecule has 0 aliphatic rings. The van der Waals surface area contributed by atoms with Gasteiger partial charge in [0, 0.05) is 18.4 Å². The van der Waals surface area contributed by atoms with Crippen LogP contribution in [0.5, 0.6) is 0 Å². The third kappa shape index (κ3) is 5.42. The van der Waals surface area contributed by atoms with E-state index in [0.717, 1.165) is 23.4 Å². The fourth-order valence-corrected chi connectivity index (χ4v) is 2.87. The molecule has 0 aliphatic heterocycles. The van der Waals surface area contributed by atoms with Crippen molar-refractivity contribution in [2.24, 2.45) is 0 Å². The molecule has 4 heteroatoms. The first-order valence-electron chi connectivity index (χ1n) is 9.19. The van der Waals surface area contributed by atoms with E-state index >= 15 is 0 Å². The number of aromatic nitrogens is 1. The van der Waals surface area contributed by atoms with Gasteiger partial charge in [0.15, 0.2) is 0 Å². The van der Waals surface area contributed by atoms with Crippen molar-refractivity contribution >= 4 is 11.7 Å². The molecule has 0 saturated heterocycles. The summed E-state index contributed by atoms with van der Waals surface area (Å²) in [6.45, 7) is 5.21. The van der Waals surface area contributed by atoms with E-state index in [1.165, 1.54) is 11.1 Å². The molecule has 0 atom stereocenters. The summed E-state index contributed by atoms with van der Waals surface area (Å²) in [7, 11) is 0. The summed E-state index contributed by atoms with van der Waals surface area (Å²) in [5.41, 5.74) is 5.27. The van der Waals surface area contributed by atoms with Crippen molar-refractivity contribution in [3.05, 3.63) is 95.3 Å². The lowest BCUT2D eigenvalue weighted by Gasteiger charge is -2.23. The van der Waals surface area contributed by atoms with E-state index in [-0.39, 0.29) is 6.03 Å². The molecule has 0 aliphatic carbocycles. The van der Waals surface area contributed by atoms with Crippen LogP contribution in [0.1, 0.15) is 22.4 Å². The molecule has 0 bridgehead atoms. The first-order valence-corrected chi connectivity index (χ1v) is 9.19. The minimum absolute atomic E-state index is 0.111. The van der Waals surface area contributed by atoms with E-state index in [1.807, 2.05) is 66.4 Å². The predicted molar refractivity (Wildman–Crippen MR) is 110 cm³/mol. The van der Waals surface area contributed by atoms with E-state index in [1.54, 1.807) is 6.20 Å². The van der Waals surface area contributed by atoms with Crippen LogP contribution in [0, 0.1) is 13.8 Å². The van der Waals surface area contributed by atoms with Gasteiger partial charge in [-0.1, -0.05) is 42.5 Å². The lowest BCUT2D eigenvalue weighted by molar-refractivity contribution is 0.209. The van der Waals surface area contributed by atoms with Crippen LogP contribution in [-0.2, 0) is 13.0 Å². The number of anilines is 1. The van der Waals surface area contributed by atoms with Crippen molar-refractivity contribution in [2.45, 2.75) is 26.8 Å². The molecule has 2 aromatic carbocycles.